The normalized spacial score (nSPS) is 13.2. The molecule has 2 heterocycles. The van der Waals surface area contributed by atoms with Gasteiger partial charge in [0.15, 0.2) is 0 Å². The lowest BCUT2D eigenvalue weighted by Gasteiger charge is -2.24. The van der Waals surface area contributed by atoms with E-state index in [1.807, 2.05) is 43.4 Å². The second kappa shape index (κ2) is 8.08. The number of sulfonamides is 1. The van der Waals surface area contributed by atoms with E-state index in [4.69, 9.17) is 0 Å². The fourth-order valence-electron chi connectivity index (χ4n) is 3.30. The summed E-state index contributed by atoms with van der Waals surface area (Å²) in [5.74, 6) is 0. The number of likely N-dealkylation sites (N-methyl/N-ethyl adjacent to an activating group) is 1. The van der Waals surface area contributed by atoms with Crippen LogP contribution >= 0.6 is 11.3 Å². The van der Waals surface area contributed by atoms with Crippen LogP contribution in [0.4, 0.5) is 0 Å². The largest absolute Gasteiger partial charge is 0.301 e. The van der Waals surface area contributed by atoms with Crippen molar-refractivity contribution in [2.45, 2.75) is 10.9 Å². The maximum absolute atomic E-state index is 12.8. The monoisotopic (exact) mass is 426 g/mol. The Balaban J connectivity index is 1.54. The molecule has 4 rings (SSSR count). The quantitative estimate of drug-likeness (QED) is 0.490. The van der Waals surface area contributed by atoms with Crippen LogP contribution in [0.3, 0.4) is 0 Å². The molecule has 1 N–H and O–H groups in total. The molecule has 0 spiro atoms. The molecule has 2 aromatic heterocycles. The summed E-state index contributed by atoms with van der Waals surface area (Å²) < 4.78 is 31.3. The Kier molecular flexibility index (Phi) is 5.51. The molecule has 0 radical (unpaired) electrons. The summed E-state index contributed by atoms with van der Waals surface area (Å²) in [6, 6.07) is 16.6. The van der Waals surface area contributed by atoms with Crippen LogP contribution in [0.15, 0.2) is 77.3 Å². The first-order valence-electron chi connectivity index (χ1n) is 9.18. The van der Waals surface area contributed by atoms with E-state index in [-0.39, 0.29) is 17.5 Å². The Morgan fingerprint density at radius 2 is 1.86 bits per heavy atom. The minimum Gasteiger partial charge on any atom is -0.301 e. The lowest BCUT2D eigenvalue weighted by Crippen LogP contribution is -2.34. The molecule has 150 valence electrons. The molecule has 0 unspecified atom stereocenters. The van der Waals surface area contributed by atoms with Crippen LogP contribution in [-0.2, 0) is 10.0 Å². The molecule has 0 saturated heterocycles. The van der Waals surface area contributed by atoms with Crippen molar-refractivity contribution in [3.05, 3.63) is 77.9 Å². The number of aromatic nitrogens is 2. The van der Waals surface area contributed by atoms with E-state index in [1.54, 1.807) is 46.5 Å². The predicted octanol–water partition coefficient (Wildman–Crippen LogP) is 3.67. The first kappa shape index (κ1) is 19.8. The first-order valence-corrected chi connectivity index (χ1v) is 11.5. The predicted molar refractivity (Wildman–Crippen MR) is 117 cm³/mol. The Morgan fingerprint density at radius 3 is 2.55 bits per heavy atom. The third-order valence-electron chi connectivity index (χ3n) is 4.88. The van der Waals surface area contributed by atoms with Crippen LogP contribution in [0, 0.1) is 0 Å². The van der Waals surface area contributed by atoms with E-state index in [1.165, 1.54) is 10.1 Å². The Hall–Kier alpha value is -2.52. The van der Waals surface area contributed by atoms with Crippen molar-refractivity contribution in [3.8, 4) is 5.69 Å². The lowest BCUT2D eigenvalue weighted by molar-refractivity contribution is 0.301. The number of thiophene rings is 1. The maximum Gasteiger partial charge on any atom is 0.240 e. The van der Waals surface area contributed by atoms with Gasteiger partial charge in [-0.2, -0.15) is 5.10 Å². The van der Waals surface area contributed by atoms with Gasteiger partial charge in [0.25, 0.3) is 0 Å². The van der Waals surface area contributed by atoms with Crippen molar-refractivity contribution in [1.29, 1.82) is 0 Å². The summed E-state index contributed by atoms with van der Waals surface area (Å²) >= 11 is 1.68. The van der Waals surface area contributed by atoms with Crippen molar-refractivity contribution < 1.29 is 8.42 Å². The lowest BCUT2D eigenvalue weighted by atomic mass is 10.1. The molecule has 0 aliphatic rings. The topological polar surface area (TPSA) is 67.2 Å². The van der Waals surface area contributed by atoms with Crippen molar-refractivity contribution in [3.63, 3.8) is 0 Å². The minimum absolute atomic E-state index is 0.0655. The summed E-state index contributed by atoms with van der Waals surface area (Å²) in [5.41, 5.74) is 1.94. The van der Waals surface area contributed by atoms with Gasteiger partial charge in [0.05, 0.1) is 10.6 Å². The van der Waals surface area contributed by atoms with Gasteiger partial charge >= 0.3 is 0 Å². The van der Waals surface area contributed by atoms with E-state index in [0.717, 1.165) is 11.3 Å². The Labute approximate surface area is 174 Å². The van der Waals surface area contributed by atoms with Gasteiger partial charge in [-0.3, -0.25) is 0 Å². The molecule has 8 heteroatoms. The van der Waals surface area contributed by atoms with Crippen LogP contribution in [0.25, 0.3) is 15.8 Å². The van der Waals surface area contributed by atoms with Crippen molar-refractivity contribution >= 4 is 31.4 Å². The van der Waals surface area contributed by atoms with Crippen LogP contribution in [0.5, 0.6) is 0 Å². The van der Waals surface area contributed by atoms with Gasteiger partial charge in [-0.25, -0.2) is 17.8 Å². The standard InChI is InChI=1S/C21H22N4O2S2/c1-24(2)20(19-15-28-21-7-4-3-6-18(19)21)14-23-29(26,27)17-10-8-16(9-11-17)25-13-5-12-22-25/h3-13,15,20,23H,14H2,1-2H3/t20-/m0/s1. The maximum atomic E-state index is 12.8. The summed E-state index contributed by atoms with van der Waals surface area (Å²) in [7, 11) is 0.303. The summed E-state index contributed by atoms with van der Waals surface area (Å²) in [4.78, 5) is 2.28. The van der Waals surface area contributed by atoms with Gasteiger partial charge in [-0.05, 0) is 66.8 Å². The second-order valence-corrected chi connectivity index (χ2v) is 9.64. The van der Waals surface area contributed by atoms with E-state index in [2.05, 4.69) is 27.3 Å². The highest BCUT2D eigenvalue weighted by Crippen LogP contribution is 2.32. The molecule has 0 saturated carbocycles. The molecular formula is C21H22N4O2S2. The van der Waals surface area contributed by atoms with Gasteiger partial charge in [0.2, 0.25) is 10.0 Å². The fraction of sp³-hybridized carbons (Fsp3) is 0.190. The van der Waals surface area contributed by atoms with Gasteiger partial charge in [0, 0.05) is 29.7 Å². The molecule has 2 aromatic carbocycles. The second-order valence-electron chi connectivity index (χ2n) is 6.96. The molecular weight excluding hydrogens is 404 g/mol. The van der Waals surface area contributed by atoms with Crippen LogP contribution in [0.1, 0.15) is 11.6 Å². The number of hydrogen-bond acceptors (Lipinski definition) is 5. The molecule has 0 aliphatic heterocycles. The van der Waals surface area contributed by atoms with Crippen molar-refractivity contribution in [2.75, 3.05) is 20.6 Å². The summed E-state index contributed by atoms with van der Waals surface area (Å²) in [5, 5.41) is 7.44. The SMILES string of the molecule is CN(C)[C@@H](CNS(=O)(=O)c1ccc(-n2cccn2)cc1)c1csc2ccccc12. The molecule has 6 nitrogen and oxygen atoms in total. The smallest absolute Gasteiger partial charge is 0.240 e. The van der Waals surface area contributed by atoms with Crippen LogP contribution in [0.2, 0.25) is 0 Å². The zero-order valence-corrected chi connectivity index (χ0v) is 17.8. The van der Waals surface area contributed by atoms with Crippen LogP contribution in [-0.4, -0.2) is 43.7 Å². The fourth-order valence-corrected chi connectivity index (χ4v) is 5.34. The highest BCUT2D eigenvalue weighted by atomic mass is 32.2. The Morgan fingerprint density at radius 1 is 1.10 bits per heavy atom. The number of nitrogens with one attached hydrogen (secondary N) is 1. The molecule has 0 aliphatic carbocycles. The average Bonchev–Trinajstić information content (AvgIpc) is 3.39. The zero-order valence-electron chi connectivity index (χ0n) is 16.2. The molecule has 0 bridgehead atoms. The van der Waals surface area contributed by atoms with Gasteiger partial charge in [0.1, 0.15) is 0 Å². The number of fused-ring (bicyclic) bond motifs is 1. The van der Waals surface area contributed by atoms with E-state index >= 15 is 0 Å². The van der Waals surface area contributed by atoms with E-state index in [0.29, 0.717) is 0 Å². The highest BCUT2D eigenvalue weighted by Gasteiger charge is 2.22. The highest BCUT2D eigenvalue weighted by molar-refractivity contribution is 7.89. The van der Waals surface area contributed by atoms with Crippen molar-refractivity contribution in [2.24, 2.45) is 0 Å². The zero-order chi connectivity index (χ0) is 20.4. The minimum atomic E-state index is -3.62. The van der Waals surface area contributed by atoms with E-state index < -0.39 is 10.0 Å². The molecule has 1 atom stereocenters. The van der Waals surface area contributed by atoms with E-state index in [9.17, 15) is 8.42 Å². The molecule has 0 amide bonds. The first-order chi connectivity index (χ1) is 14.0. The van der Waals surface area contributed by atoms with Crippen molar-refractivity contribution in [1.82, 2.24) is 19.4 Å². The number of nitrogens with zero attached hydrogens (tertiary/aromatic N) is 3. The van der Waals surface area contributed by atoms with Gasteiger partial charge in [-0.1, -0.05) is 18.2 Å². The third kappa shape index (κ3) is 4.11. The van der Waals surface area contributed by atoms with Crippen LogP contribution < -0.4 is 4.72 Å². The van der Waals surface area contributed by atoms with Gasteiger partial charge < -0.3 is 4.90 Å². The molecule has 4 aromatic rings. The van der Waals surface area contributed by atoms with Gasteiger partial charge in [-0.15, -0.1) is 11.3 Å². The number of benzene rings is 2. The number of hydrogen-bond donors (Lipinski definition) is 1. The Bertz CT molecular complexity index is 1200. The number of rotatable bonds is 7. The summed E-state index contributed by atoms with van der Waals surface area (Å²) in [6.45, 7) is 0.289. The average molecular weight is 427 g/mol. The third-order valence-corrected chi connectivity index (χ3v) is 7.30. The summed E-state index contributed by atoms with van der Waals surface area (Å²) in [6.07, 6.45) is 3.50. The molecule has 0 fully saturated rings. The molecule has 29 heavy (non-hydrogen) atoms.